The van der Waals surface area contributed by atoms with Crippen molar-refractivity contribution < 1.29 is 28.6 Å². The van der Waals surface area contributed by atoms with E-state index in [4.69, 9.17) is 14.2 Å². The second-order valence-corrected chi connectivity index (χ2v) is 16.0. The van der Waals surface area contributed by atoms with Crippen molar-refractivity contribution in [1.82, 2.24) is 0 Å². The Morgan fingerprint density at radius 2 is 0.661 bits per heavy atom. The largest absolute Gasteiger partial charge is 0.462 e. The third kappa shape index (κ3) is 45.8. The number of carbonyl (C=O) groups is 3. The molecule has 6 nitrogen and oxygen atoms in total. The molecule has 0 aromatic carbocycles. The highest BCUT2D eigenvalue weighted by Gasteiger charge is 2.19. The Labute approximate surface area is 363 Å². The Hall–Kier alpha value is -3.15. The van der Waals surface area contributed by atoms with Crippen molar-refractivity contribution in [2.24, 2.45) is 0 Å². The molecule has 6 heteroatoms. The number of rotatable bonds is 43. The predicted octanol–water partition coefficient (Wildman–Crippen LogP) is 15.9. The van der Waals surface area contributed by atoms with Gasteiger partial charge in [-0.25, -0.2) is 0 Å². The van der Waals surface area contributed by atoms with Crippen LogP contribution in [0.4, 0.5) is 0 Å². The first-order chi connectivity index (χ1) is 29.0. The molecule has 0 amide bonds. The predicted molar refractivity (Wildman–Crippen MR) is 251 cm³/mol. The van der Waals surface area contributed by atoms with Crippen molar-refractivity contribution in [2.75, 3.05) is 13.2 Å². The molecule has 0 aromatic heterocycles. The molecule has 0 aliphatic carbocycles. The maximum absolute atomic E-state index is 12.8. The molecule has 0 aliphatic heterocycles. The number of carbonyl (C=O) groups excluding carboxylic acids is 3. The van der Waals surface area contributed by atoms with Gasteiger partial charge in [0.15, 0.2) is 6.10 Å². The number of allylic oxidation sites excluding steroid dienone is 12. The van der Waals surface area contributed by atoms with Crippen molar-refractivity contribution >= 4 is 17.9 Å². The van der Waals surface area contributed by atoms with Gasteiger partial charge in [0, 0.05) is 19.3 Å². The Morgan fingerprint density at radius 1 is 0.356 bits per heavy atom. The summed E-state index contributed by atoms with van der Waals surface area (Å²) < 4.78 is 16.7. The minimum absolute atomic E-state index is 0.101. The number of unbranched alkanes of at least 4 members (excludes halogenated alkanes) is 20. The Bertz CT molecular complexity index is 1130. The van der Waals surface area contributed by atoms with Gasteiger partial charge < -0.3 is 14.2 Å². The molecule has 338 valence electrons. The van der Waals surface area contributed by atoms with Gasteiger partial charge in [-0.15, -0.1) is 0 Å². The lowest BCUT2D eigenvalue weighted by Gasteiger charge is -2.18. The number of esters is 3. The van der Waals surface area contributed by atoms with Crippen LogP contribution in [0.15, 0.2) is 72.9 Å². The van der Waals surface area contributed by atoms with Crippen LogP contribution in [0.25, 0.3) is 0 Å². The highest BCUT2D eigenvalue weighted by Crippen LogP contribution is 2.15. The molecule has 0 saturated carbocycles. The molecular weight excluding hydrogens is 733 g/mol. The van der Waals surface area contributed by atoms with E-state index in [2.05, 4.69) is 93.7 Å². The lowest BCUT2D eigenvalue weighted by atomic mass is 10.0. The maximum Gasteiger partial charge on any atom is 0.306 e. The fourth-order valence-corrected chi connectivity index (χ4v) is 6.59. The van der Waals surface area contributed by atoms with Gasteiger partial charge in [-0.2, -0.15) is 0 Å². The van der Waals surface area contributed by atoms with Gasteiger partial charge in [0.2, 0.25) is 0 Å². The molecule has 0 spiro atoms. The highest BCUT2D eigenvalue weighted by molar-refractivity contribution is 5.71. The van der Waals surface area contributed by atoms with Crippen molar-refractivity contribution in [1.29, 1.82) is 0 Å². The van der Waals surface area contributed by atoms with Gasteiger partial charge in [0.05, 0.1) is 0 Å². The molecular formula is C53H90O6. The first-order valence-electron chi connectivity index (χ1n) is 24.4. The maximum atomic E-state index is 12.8. The standard InChI is InChI=1S/C53H90O6/c1-4-7-10-13-16-19-21-23-25-27-29-31-34-37-40-43-46-52(55)58-49-50(48-57-51(54)45-42-39-36-33-18-15-12-9-6-3)59-53(56)47-44-41-38-35-32-30-28-26-24-22-20-17-14-11-8-5-2/h7,9-10,12,16,18-19,23,25,29,31,33,50H,4-6,8,11,13-15,17,20-22,24,26-28,30,32,34-49H2,1-3H3/b10-7-,12-9-,19-16-,25-23-,31-29-,33-18-. The summed E-state index contributed by atoms with van der Waals surface area (Å²) >= 11 is 0. The van der Waals surface area contributed by atoms with Crippen molar-refractivity contribution in [2.45, 2.75) is 232 Å². The van der Waals surface area contributed by atoms with E-state index in [1.165, 1.54) is 83.5 Å². The molecule has 59 heavy (non-hydrogen) atoms. The average Bonchev–Trinajstić information content (AvgIpc) is 3.23. The van der Waals surface area contributed by atoms with Crippen molar-refractivity contribution in [3.63, 3.8) is 0 Å². The van der Waals surface area contributed by atoms with Crippen LogP contribution in [-0.2, 0) is 28.6 Å². The normalized spacial score (nSPS) is 12.7. The van der Waals surface area contributed by atoms with E-state index in [1.807, 2.05) is 0 Å². The molecule has 1 atom stereocenters. The summed E-state index contributed by atoms with van der Waals surface area (Å²) in [5, 5.41) is 0. The van der Waals surface area contributed by atoms with Gasteiger partial charge in [-0.05, 0) is 83.5 Å². The number of hydrogen-bond donors (Lipinski definition) is 0. The third-order valence-electron chi connectivity index (χ3n) is 10.2. The zero-order valence-electron chi connectivity index (χ0n) is 38.5. The Morgan fingerprint density at radius 3 is 1.07 bits per heavy atom. The van der Waals surface area contributed by atoms with Gasteiger partial charge in [-0.1, -0.05) is 196 Å². The molecule has 0 fully saturated rings. The van der Waals surface area contributed by atoms with Crippen LogP contribution in [0.2, 0.25) is 0 Å². The van der Waals surface area contributed by atoms with E-state index in [-0.39, 0.29) is 31.1 Å². The molecule has 0 radical (unpaired) electrons. The van der Waals surface area contributed by atoms with E-state index in [1.54, 1.807) is 0 Å². The fourth-order valence-electron chi connectivity index (χ4n) is 6.59. The summed E-state index contributed by atoms with van der Waals surface area (Å²) in [6, 6.07) is 0. The van der Waals surface area contributed by atoms with E-state index < -0.39 is 6.10 Å². The van der Waals surface area contributed by atoms with E-state index in [9.17, 15) is 14.4 Å². The third-order valence-corrected chi connectivity index (χ3v) is 10.2. The molecule has 0 aromatic rings. The minimum atomic E-state index is -0.797. The van der Waals surface area contributed by atoms with Crippen LogP contribution >= 0.6 is 0 Å². The monoisotopic (exact) mass is 823 g/mol. The molecule has 0 heterocycles. The zero-order valence-corrected chi connectivity index (χ0v) is 38.5. The topological polar surface area (TPSA) is 78.9 Å². The van der Waals surface area contributed by atoms with Crippen LogP contribution in [0.1, 0.15) is 226 Å². The highest BCUT2D eigenvalue weighted by atomic mass is 16.6. The lowest BCUT2D eigenvalue weighted by molar-refractivity contribution is -0.167. The summed E-state index contributed by atoms with van der Waals surface area (Å²) in [4.78, 5) is 37.8. The van der Waals surface area contributed by atoms with Crippen LogP contribution in [0.5, 0.6) is 0 Å². The molecule has 0 rings (SSSR count). The zero-order chi connectivity index (χ0) is 43.0. The second kappa shape index (κ2) is 47.5. The number of hydrogen-bond acceptors (Lipinski definition) is 6. The molecule has 1 unspecified atom stereocenters. The second-order valence-electron chi connectivity index (χ2n) is 16.0. The van der Waals surface area contributed by atoms with E-state index in [0.717, 1.165) is 103 Å². The summed E-state index contributed by atoms with van der Waals surface area (Å²) in [6.45, 7) is 6.34. The van der Waals surface area contributed by atoms with Gasteiger partial charge >= 0.3 is 17.9 Å². The van der Waals surface area contributed by atoms with Crippen LogP contribution in [0.3, 0.4) is 0 Å². The smallest absolute Gasteiger partial charge is 0.306 e. The van der Waals surface area contributed by atoms with E-state index >= 15 is 0 Å². The lowest BCUT2D eigenvalue weighted by Crippen LogP contribution is -2.30. The van der Waals surface area contributed by atoms with Gasteiger partial charge in [0.25, 0.3) is 0 Å². The first kappa shape index (κ1) is 55.9. The molecule has 0 bridgehead atoms. The SMILES string of the molecule is CC/C=C\C/C=C\C/C=C\C/C=C\CCCCCC(=O)OCC(COC(=O)CCCC/C=C\C/C=C\CC)OC(=O)CCCCCCCCCCCCCCCCCC. The van der Waals surface area contributed by atoms with Crippen LogP contribution in [-0.4, -0.2) is 37.2 Å². The van der Waals surface area contributed by atoms with Gasteiger partial charge in [0.1, 0.15) is 13.2 Å². The Balaban J connectivity index is 4.40. The van der Waals surface area contributed by atoms with Gasteiger partial charge in [-0.3, -0.25) is 14.4 Å². The summed E-state index contributed by atoms with van der Waals surface area (Å²) in [5.41, 5.74) is 0. The summed E-state index contributed by atoms with van der Waals surface area (Å²) in [5.74, 6) is -0.966. The quantitative estimate of drug-likeness (QED) is 0.0264. The average molecular weight is 823 g/mol. The Kier molecular flexibility index (Phi) is 45.0. The summed E-state index contributed by atoms with van der Waals surface area (Å²) in [7, 11) is 0. The summed E-state index contributed by atoms with van der Waals surface area (Å²) in [6.07, 6.45) is 59.0. The molecule has 0 aliphatic rings. The molecule has 0 saturated heterocycles. The first-order valence-corrected chi connectivity index (χ1v) is 24.4. The van der Waals surface area contributed by atoms with E-state index in [0.29, 0.717) is 19.3 Å². The number of ether oxygens (including phenoxy) is 3. The molecule has 0 N–H and O–H groups in total. The van der Waals surface area contributed by atoms with Crippen molar-refractivity contribution in [3.05, 3.63) is 72.9 Å². The fraction of sp³-hybridized carbons (Fsp3) is 0.717. The van der Waals surface area contributed by atoms with Crippen LogP contribution < -0.4 is 0 Å². The minimum Gasteiger partial charge on any atom is -0.462 e. The van der Waals surface area contributed by atoms with Crippen LogP contribution in [0, 0.1) is 0 Å². The van der Waals surface area contributed by atoms with Crippen molar-refractivity contribution in [3.8, 4) is 0 Å².